The number of ether oxygens (including phenoxy) is 1. The van der Waals surface area contributed by atoms with Crippen LogP contribution in [0.4, 0.5) is 0 Å². The SMILES string of the molecule is CCOC(=O)c1cccc(C(/C=C\C(=O)O)=C\C=C(/C)c2ccc3c(c2)C(C)(C)CCC3(C)C)c1. The quantitative estimate of drug-likeness (QED) is 0.260. The van der Waals surface area contributed by atoms with Crippen LogP contribution in [0.15, 0.2) is 66.8 Å². The monoisotopic (exact) mass is 472 g/mol. The van der Waals surface area contributed by atoms with Crippen LogP contribution in [0.3, 0.4) is 0 Å². The molecule has 2 aromatic carbocycles. The molecule has 1 N–H and O–H groups in total. The summed E-state index contributed by atoms with van der Waals surface area (Å²) in [7, 11) is 0. The standard InChI is InChI=1S/C31H36O4/c1-7-35-29(34)25-10-8-9-24(19-25)22(14-16-28(32)33)12-11-21(2)23-13-15-26-27(20-23)31(5,6)18-17-30(26,3)4/h8-16,19-20H,7,17-18H2,1-6H3,(H,32,33)/b16-14-,21-11+,22-12-. The van der Waals surface area contributed by atoms with Gasteiger partial charge in [-0.05, 0) is 89.1 Å². The summed E-state index contributed by atoms with van der Waals surface area (Å²) in [5.41, 5.74) is 7.20. The molecule has 0 unspecified atom stereocenters. The molecule has 0 radical (unpaired) electrons. The molecule has 0 bridgehead atoms. The first kappa shape index (κ1) is 26.2. The van der Waals surface area contributed by atoms with Crippen molar-refractivity contribution in [3.05, 3.63) is 94.6 Å². The first-order valence-corrected chi connectivity index (χ1v) is 12.2. The second-order valence-electron chi connectivity index (χ2n) is 10.5. The Morgan fingerprint density at radius 2 is 1.54 bits per heavy atom. The maximum Gasteiger partial charge on any atom is 0.338 e. The molecule has 0 saturated carbocycles. The van der Waals surface area contributed by atoms with Crippen molar-refractivity contribution in [3.63, 3.8) is 0 Å². The predicted octanol–water partition coefficient (Wildman–Crippen LogP) is 7.34. The second-order valence-corrected chi connectivity index (χ2v) is 10.5. The minimum absolute atomic E-state index is 0.125. The van der Waals surface area contributed by atoms with Gasteiger partial charge in [0.2, 0.25) is 0 Å². The first-order valence-electron chi connectivity index (χ1n) is 12.2. The van der Waals surface area contributed by atoms with Crippen molar-refractivity contribution >= 4 is 23.1 Å². The Morgan fingerprint density at radius 1 is 0.886 bits per heavy atom. The Balaban J connectivity index is 2.02. The third kappa shape index (κ3) is 6.19. The molecule has 184 valence electrons. The van der Waals surface area contributed by atoms with E-state index in [4.69, 9.17) is 4.74 Å². The van der Waals surface area contributed by atoms with Crippen molar-refractivity contribution in [1.29, 1.82) is 0 Å². The number of aliphatic carboxylic acids is 1. The Hall–Kier alpha value is -3.40. The average Bonchev–Trinajstić information content (AvgIpc) is 2.82. The summed E-state index contributed by atoms with van der Waals surface area (Å²) in [6.07, 6.45) is 8.88. The molecule has 0 fully saturated rings. The molecule has 4 heteroatoms. The van der Waals surface area contributed by atoms with E-state index in [1.807, 2.05) is 18.2 Å². The molecular weight excluding hydrogens is 436 g/mol. The van der Waals surface area contributed by atoms with Crippen molar-refractivity contribution in [1.82, 2.24) is 0 Å². The van der Waals surface area contributed by atoms with E-state index in [2.05, 4.69) is 52.8 Å². The van der Waals surface area contributed by atoms with Gasteiger partial charge in [0, 0.05) is 6.08 Å². The number of carboxylic acid groups (broad SMARTS) is 1. The summed E-state index contributed by atoms with van der Waals surface area (Å²) in [5, 5.41) is 9.18. The highest BCUT2D eigenvalue weighted by molar-refractivity contribution is 5.92. The lowest BCUT2D eigenvalue weighted by Gasteiger charge is -2.42. The fourth-order valence-electron chi connectivity index (χ4n) is 4.59. The number of benzene rings is 2. The minimum Gasteiger partial charge on any atom is -0.478 e. The molecule has 1 aliphatic rings. The highest BCUT2D eigenvalue weighted by Gasteiger charge is 2.36. The van der Waals surface area contributed by atoms with Gasteiger partial charge in [-0.3, -0.25) is 0 Å². The zero-order chi connectivity index (χ0) is 25.8. The van der Waals surface area contributed by atoms with Gasteiger partial charge in [-0.15, -0.1) is 0 Å². The number of esters is 1. The zero-order valence-electron chi connectivity index (χ0n) is 21.6. The van der Waals surface area contributed by atoms with Gasteiger partial charge in [0.25, 0.3) is 0 Å². The molecular formula is C31H36O4. The molecule has 0 aromatic heterocycles. The van der Waals surface area contributed by atoms with Crippen LogP contribution in [-0.4, -0.2) is 23.7 Å². The number of rotatable bonds is 7. The largest absolute Gasteiger partial charge is 0.478 e. The predicted molar refractivity (Wildman–Crippen MR) is 143 cm³/mol. The minimum atomic E-state index is -1.03. The molecule has 3 rings (SSSR count). The number of carbonyl (C=O) groups is 2. The molecule has 4 nitrogen and oxygen atoms in total. The van der Waals surface area contributed by atoms with Gasteiger partial charge < -0.3 is 9.84 Å². The van der Waals surface area contributed by atoms with E-state index in [1.54, 1.807) is 31.2 Å². The highest BCUT2D eigenvalue weighted by atomic mass is 16.5. The molecule has 0 heterocycles. The van der Waals surface area contributed by atoms with E-state index < -0.39 is 11.9 Å². The molecule has 1 aliphatic carbocycles. The molecule has 2 aromatic rings. The Labute approximate surface area is 209 Å². The van der Waals surface area contributed by atoms with Crippen LogP contribution in [0.25, 0.3) is 11.1 Å². The number of carbonyl (C=O) groups excluding carboxylic acids is 1. The van der Waals surface area contributed by atoms with Crippen LogP contribution in [0.1, 0.15) is 87.0 Å². The van der Waals surface area contributed by atoms with Crippen LogP contribution in [0.5, 0.6) is 0 Å². The summed E-state index contributed by atoms with van der Waals surface area (Å²) < 4.78 is 5.11. The van der Waals surface area contributed by atoms with E-state index in [0.29, 0.717) is 17.7 Å². The highest BCUT2D eigenvalue weighted by Crippen LogP contribution is 2.46. The number of hydrogen-bond donors (Lipinski definition) is 1. The van der Waals surface area contributed by atoms with Crippen LogP contribution in [-0.2, 0) is 20.4 Å². The lowest BCUT2D eigenvalue weighted by atomic mass is 9.63. The third-order valence-electron chi connectivity index (χ3n) is 6.93. The van der Waals surface area contributed by atoms with Crippen molar-refractivity contribution in [2.24, 2.45) is 0 Å². The van der Waals surface area contributed by atoms with E-state index >= 15 is 0 Å². The van der Waals surface area contributed by atoms with E-state index in [1.165, 1.54) is 17.5 Å². The number of fused-ring (bicyclic) bond motifs is 1. The van der Waals surface area contributed by atoms with Crippen molar-refractivity contribution < 1.29 is 19.4 Å². The van der Waals surface area contributed by atoms with Gasteiger partial charge in [-0.25, -0.2) is 9.59 Å². The molecule has 35 heavy (non-hydrogen) atoms. The lowest BCUT2D eigenvalue weighted by molar-refractivity contribution is -0.131. The summed E-state index contributed by atoms with van der Waals surface area (Å²) in [5.74, 6) is -1.43. The van der Waals surface area contributed by atoms with Gasteiger partial charge in [-0.2, -0.15) is 0 Å². The van der Waals surface area contributed by atoms with Crippen LogP contribution < -0.4 is 0 Å². The maximum absolute atomic E-state index is 12.2. The van der Waals surface area contributed by atoms with E-state index in [-0.39, 0.29) is 10.8 Å². The third-order valence-corrected chi connectivity index (χ3v) is 6.93. The number of hydrogen-bond acceptors (Lipinski definition) is 3. The lowest BCUT2D eigenvalue weighted by Crippen LogP contribution is -2.33. The number of carboxylic acids is 1. The van der Waals surface area contributed by atoms with Gasteiger partial charge in [0.1, 0.15) is 0 Å². The summed E-state index contributed by atoms with van der Waals surface area (Å²) >= 11 is 0. The maximum atomic E-state index is 12.2. The van der Waals surface area contributed by atoms with E-state index in [9.17, 15) is 14.7 Å². The molecule has 0 aliphatic heterocycles. The molecule has 0 atom stereocenters. The first-order chi connectivity index (χ1) is 16.4. The van der Waals surface area contributed by atoms with Crippen LogP contribution in [0.2, 0.25) is 0 Å². The Morgan fingerprint density at radius 3 is 2.20 bits per heavy atom. The van der Waals surface area contributed by atoms with Crippen LogP contribution >= 0.6 is 0 Å². The van der Waals surface area contributed by atoms with Gasteiger partial charge in [0.15, 0.2) is 0 Å². The number of allylic oxidation sites excluding steroid dienone is 5. The van der Waals surface area contributed by atoms with Crippen molar-refractivity contribution in [2.75, 3.05) is 6.61 Å². The van der Waals surface area contributed by atoms with Gasteiger partial charge in [0.05, 0.1) is 12.2 Å². The van der Waals surface area contributed by atoms with Crippen molar-refractivity contribution in [3.8, 4) is 0 Å². The Kier molecular flexibility index (Phi) is 7.84. The Bertz CT molecular complexity index is 1210. The summed E-state index contributed by atoms with van der Waals surface area (Å²) in [6.45, 7) is 13.4. The normalized spacial score (nSPS) is 17.2. The molecule has 0 saturated heterocycles. The fourth-order valence-corrected chi connectivity index (χ4v) is 4.59. The molecule has 0 spiro atoms. The smallest absolute Gasteiger partial charge is 0.338 e. The molecule has 0 amide bonds. The second kappa shape index (κ2) is 10.5. The van der Waals surface area contributed by atoms with Crippen LogP contribution in [0, 0.1) is 0 Å². The summed E-state index contributed by atoms with van der Waals surface area (Å²) in [6, 6.07) is 13.8. The summed E-state index contributed by atoms with van der Waals surface area (Å²) in [4.78, 5) is 23.4. The van der Waals surface area contributed by atoms with Gasteiger partial charge >= 0.3 is 11.9 Å². The average molecular weight is 473 g/mol. The fraction of sp³-hybridized carbons (Fsp3) is 0.355. The van der Waals surface area contributed by atoms with E-state index in [0.717, 1.165) is 29.2 Å². The zero-order valence-corrected chi connectivity index (χ0v) is 21.6. The van der Waals surface area contributed by atoms with Crippen molar-refractivity contribution in [2.45, 2.75) is 65.2 Å². The topological polar surface area (TPSA) is 63.6 Å². The van der Waals surface area contributed by atoms with Gasteiger partial charge in [-0.1, -0.05) is 70.2 Å².